The van der Waals surface area contributed by atoms with Crippen molar-refractivity contribution >= 4 is 5.69 Å². The van der Waals surface area contributed by atoms with Crippen molar-refractivity contribution in [2.45, 2.75) is 25.9 Å². The first kappa shape index (κ1) is 7.47. The molecule has 2 nitrogen and oxygen atoms in total. The molecule has 64 valence electrons. The molecule has 2 atom stereocenters. The molecule has 0 aromatic heterocycles. The summed E-state index contributed by atoms with van der Waals surface area (Å²) in [5.41, 5.74) is 7.74. The van der Waals surface area contributed by atoms with Crippen molar-refractivity contribution in [1.82, 2.24) is 0 Å². The molecule has 0 saturated carbocycles. The predicted octanol–water partition coefficient (Wildman–Crippen LogP) is 2.15. The monoisotopic (exact) mass is 163 g/mol. The van der Waals surface area contributed by atoms with E-state index in [-0.39, 0.29) is 6.10 Å². The number of anilines is 1. The van der Waals surface area contributed by atoms with Gasteiger partial charge in [0.1, 0.15) is 11.9 Å². The zero-order valence-electron chi connectivity index (χ0n) is 7.37. The Morgan fingerprint density at radius 1 is 1.33 bits per heavy atom. The fourth-order valence-corrected chi connectivity index (χ4v) is 1.59. The first-order valence-corrected chi connectivity index (χ1v) is 4.24. The number of hydrogen-bond acceptors (Lipinski definition) is 2. The maximum atomic E-state index is 5.68. The van der Waals surface area contributed by atoms with Gasteiger partial charge in [0.15, 0.2) is 0 Å². The van der Waals surface area contributed by atoms with Gasteiger partial charge in [0.05, 0.1) is 0 Å². The lowest BCUT2D eigenvalue weighted by Gasteiger charge is -2.07. The molecule has 0 aliphatic carbocycles. The minimum Gasteiger partial charge on any atom is -0.490 e. The second-order valence-corrected chi connectivity index (χ2v) is 3.41. The Labute approximate surface area is 72.3 Å². The Morgan fingerprint density at radius 2 is 2.08 bits per heavy atom. The fraction of sp³-hybridized carbons (Fsp3) is 0.400. The zero-order valence-corrected chi connectivity index (χ0v) is 7.37. The average molecular weight is 163 g/mol. The summed E-state index contributed by atoms with van der Waals surface area (Å²) in [7, 11) is 0. The topological polar surface area (TPSA) is 35.2 Å². The number of rotatable bonds is 0. The van der Waals surface area contributed by atoms with Crippen LogP contribution in [0.5, 0.6) is 5.75 Å². The highest BCUT2D eigenvalue weighted by atomic mass is 16.5. The number of benzene rings is 1. The standard InChI is InChI=1S/C10H13NO/c1-6-7(2)12-10-4-3-8(11)5-9(6)10/h3-7H,11H2,1-2H3/t6-,7-/m1/s1. The summed E-state index contributed by atoms with van der Waals surface area (Å²) >= 11 is 0. The zero-order chi connectivity index (χ0) is 8.72. The molecule has 1 aromatic carbocycles. The van der Waals surface area contributed by atoms with Crippen LogP contribution in [0.25, 0.3) is 0 Å². The largest absolute Gasteiger partial charge is 0.490 e. The minimum absolute atomic E-state index is 0.279. The molecule has 2 N–H and O–H groups in total. The Hall–Kier alpha value is -1.18. The highest BCUT2D eigenvalue weighted by Crippen LogP contribution is 2.38. The molecule has 12 heavy (non-hydrogen) atoms. The average Bonchev–Trinajstić information content (AvgIpc) is 2.31. The van der Waals surface area contributed by atoms with Crippen LogP contribution in [0.3, 0.4) is 0 Å². The molecule has 0 fully saturated rings. The van der Waals surface area contributed by atoms with Crippen LogP contribution in [0.15, 0.2) is 18.2 Å². The number of nitrogen functional groups attached to an aromatic ring is 1. The predicted molar refractivity (Wildman–Crippen MR) is 49.4 cm³/mol. The molecule has 0 amide bonds. The van der Waals surface area contributed by atoms with E-state index in [4.69, 9.17) is 10.5 Å². The Morgan fingerprint density at radius 3 is 2.83 bits per heavy atom. The molecule has 0 unspecified atom stereocenters. The lowest BCUT2D eigenvalue weighted by Crippen LogP contribution is -2.10. The first-order chi connectivity index (χ1) is 5.68. The van der Waals surface area contributed by atoms with Crippen LogP contribution in [0.2, 0.25) is 0 Å². The molecule has 1 aromatic rings. The Balaban J connectivity index is 2.48. The normalized spacial score (nSPS) is 26.5. The van der Waals surface area contributed by atoms with Crippen LogP contribution in [-0.4, -0.2) is 6.10 Å². The van der Waals surface area contributed by atoms with Gasteiger partial charge in [-0.3, -0.25) is 0 Å². The van der Waals surface area contributed by atoms with Crippen molar-refractivity contribution in [2.24, 2.45) is 0 Å². The molecule has 0 spiro atoms. The van der Waals surface area contributed by atoms with E-state index in [2.05, 4.69) is 13.8 Å². The lowest BCUT2D eigenvalue weighted by atomic mass is 9.98. The van der Waals surface area contributed by atoms with Crippen molar-refractivity contribution in [3.05, 3.63) is 23.8 Å². The van der Waals surface area contributed by atoms with Gasteiger partial charge in [-0.2, -0.15) is 0 Å². The molecule has 1 aliphatic heterocycles. The van der Waals surface area contributed by atoms with E-state index in [1.165, 1.54) is 5.56 Å². The third kappa shape index (κ3) is 0.951. The van der Waals surface area contributed by atoms with Gasteiger partial charge in [0.25, 0.3) is 0 Å². The highest BCUT2D eigenvalue weighted by Gasteiger charge is 2.26. The van der Waals surface area contributed by atoms with Crippen molar-refractivity contribution < 1.29 is 4.74 Å². The van der Waals surface area contributed by atoms with E-state index in [1.807, 2.05) is 18.2 Å². The minimum atomic E-state index is 0.279. The molecule has 2 rings (SSSR count). The molecular formula is C10H13NO. The van der Waals surface area contributed by atoms with Gasteiger partial charge in [-0.15, -0.1) is 0 Å². The summed E-state index contributed by atoms with van der Waals surface area (Å²) in [4.78, 5) is 0. The smallest absolute Gasteiger partial charge is 0.123 e. The number of ether oxygens (including phenoxy) is 1. The van der Waals surface area contributed by atoms with E-state index >= 15 is 0 Å². The third-order valence-corrected chi connectivity index (χ3v) is 2.54. The van der Waals surface area contributed by atoms with Gasteiger partial charge in [-0.1, -0.05) is 6.92 Å². The van der Waals surface area contributed by atoms with Crippen LogP contribution in [-0.2, 0) is 0 Å². The molecule has 0 saturated heterocycles. The number of nitrogens with two attached hydrogens (primary N) is 1. The highest BCUT2D eigenvalue weighted by molar-refractivity contribution is 5.51. The summed E-state index contributed by atoms with van der Waals surface area (Å²) in [6, 6.07) is 5.83. The molecule has 0 radical (unpaired) electrons. The fourth-order valence-electron chi connectivity index (χ4n) is 1.59. The van der Waals surface area contributed by atoms with Gasteiger partial charge in [-0.25, -0.2) is 0 Å². The van der Waals surface area contributed by atoms with Gasteiger partial charge in [0, 0.05) is 17.2 Å². The third-order valence-electron chi connectivity index (χ3n) is 2.54. The van der Waals surface area contributed by atoms with Crippen molar-refractivity contribution in [1.29, 1.82) is 0 Å². The van der Waals surface area contributed by atoms with E-state index in [9.17, 15) is 0 Å². The van der Waals surface area contributed by atoms with Gasteiger partial charge < -0.3 is 10.5 Å². The summed E-state index contributed by atoms with van der Waals surface area (Å²) in [6.07, 6.45) is 0.279. The number of fused-ring (bicyclic) bond motifs is 1. The van der Waals surface area contributed by atoms with Crippen molar-refractivity contribution in [3.63, 3.8) is 0 Å². The number of hydrogen-bond donors (Lipinski definition) is 1. The van der Waals surface area contributed by atoms with E-state index in [1.54, 1.807) is 0 Å². The van der Waals surface area contributed by atoms with Crippen LogP contribution in [0.4, 0.5) is 5.69 Å². The summed E-state index contributed by atoms with van der Waals surface area (Å²) in [5, 5.41) is 0. The quantitative estimate of drug-likeness (QED) is 0.595. The summed E-state index contributed by atoms with van der Waals surface area (Å²) in [5.74, 6) is 1.45. The summed E-state index contributed by atoms with van der Waals surface area (Å²) in [6.45, 7) is 4.25. The Kier molecular flexibility index (Phi) is 1.50. The van der Waals surface area contributed by atoms with E-state index in [0.717, 1.165) is 11.4 Å². The SMILES string of the molecule is C[C@H]1Oc2ccc(N)cc2[C@@H]1C. The molecule has 1 aliphatic rings. The Bertz CT molecular complexity index is 309. The van der Waals surface area contributed by atoms with Gasteiger partial charge in [-0.05, 0) is 25.1 Å². The van der Waals surface area contributed by atoms with Crippen LogP contribution in [0.1, 0.15) is 25.3 Å². The maximum absolute atomic E-state index is 5.68. The second-order valence-electron chi connectivity index (χ2n) is 3.41. The first-order valence-electron chi connectivity index (χ1n) is 4.24. The van der Waals surface area contributed by atoms with Crippen LogP contribution >= 0.6 is 0 Å². The van der Waals surface area contributed by atoms with E-state index in [0.29, 0.717) is 5.92 Å². The van der Waals surface area contributed by atoms with Crippen LogP contribution < -0.4 is 10.5 Å². The maximum Gasteiger partial charge on any atom is 0.123 e. The van der Waals surface area contributed by atoms with Crippen molar-refractivity contribution in [3.8, 4) is 5.75 Å². The molecule has 0 bridgehead atoms. The second kappa shape index (κ2) is 2.41. The molecular weight excluding hydrogens is 150 g/mol. The summed E-state index contributed by atoms with van der Waals surface area (Å²) < 4.78 is 5.62. The molecule has 1 heterocycles. The lowest BCUT2D eigenvalue weighted by molar-refractivity contribution is 0.232. The van der Waals surface area contributed by atoms with E-state index < -0.39 is 0 Å². The van der Waals surface area contributed by atoms with Crippen molar-refractivity contribution in [2.75, 3.05) is 5.73 Å². The van der Waals surface area contributed by atoms with Gasteiger partial charge in [0.2, 0.25) is 0 Å². The molecule has 2 heteroatoms. The van der Waals surface area contributed by atoms with Crippen LogP contribution in [0, 0.1) is 0 Å². The van der Waals surface area contributed by atoms with Gasteiger partial charge >= 0.3 is 0 Å².